The quantitative estimate of drug-likeness (QED) is 0.682. The number of piperidine rings is 1. The molecule has 1 aromatic rings. The Morgan fingerprint density at radius 3 is 2.17 bits per heavy atom. The van der Waals surface area contributed by atoms with Gasteiger partial charge in [0.2, 0.25) is 5.91 Å². The Hall–Kier alpha value is -2.60. The molecule has 9 heteroatoms. The lowest BCUT2D eigenvalue weighted by atomic mass is 9.92. The second-order valence-electron chi connectivity index (χ2n) is 8.52. The van der Waals surface area contributed by atoms with E-state index in [0.717, 1.165) is 17.7 Å². The summed E-state index contributed by atoms with van der Waals surface area (Å²) in [5.74, 6) is 1.60. The van der Waals surface area contributed by atoms with Gasteiger partial charge in [-0.25, -0.2) is 4.79 Å². The van der Waals surface area contributed by atoms with Crippen LogP contribution < -0.4 is 16.1 Å². The van der Waals surface area contributed by atoms with Crippen molar-refractivity contribution in [2.45, 2.75) is 20.3 Å². The van der Waals surface area contributed by atoms with Crippen LogP contribution in [0, 0.1) is 23.2 Å². The predicted octanol–water partition coefficient (Wildman–Crippen LogP) is -0.418. The minimum atomic E-state index is -0.573. The van der Waals surface area contributed by atoms with Gasteiger partial charge in [0, 0.05) is 53.4 Å². The predicted molar refractivity (Wildman–Crippen MR) is 110 cm³/mol. The van der Waals surface area contributed by atoms with Crippen molar-refractivity contribution >= 4 is 11.7 Å². The Balaban J connectivity index is 1.67. The lowest BCUT2D eigenvalue weighted by molar-refractivity contribution is -0.135. The molecule has 2 aliphatic rings. The van der Waals surface area contributed by atoms with E-state index in [0.29, 0.717) is 50.4 Å². The lowest BCUT2D eigenvalue weighted by Crippen LogP contribution is -2.53. The molecule has 158 valence electrons. The summed E-state index contributed by atoms with van der Waals surface area (Å²) < 4.78 is 2.31. The molecule has 0 spiro atoms. The van der Waals surface area contributed by atoms with Crippen LogP contribution in [0.15, 0.2) is 9.59 Å². The number of carbonyl (C=O) groups is 1. The summed E-state index contributed by atoms with van der Waals surface area (Å²) in [5, 5.41) is 9.46. The Morgan fingerprint density at radius 1 is 1.03 bits per heavy atom. The number of amides is 1. The largest absolute Gasteiger partial charge is 0.354 e. The minimum Gasteiger partial charge on any atom is -0.354 e. The van der Waals surface area contributed by atoms with E-state index in [2.05, 4.69) is 18.7 Å². The zero-order valence-electron chi connectivity index (χ0n) is 17.7. The number of nitrogens with zero attached hydrogens (tertiary/aromatic N) is 6. The third kappa shape index (κ3) is 4.22. The van der Waals surface area contributed by atoms with Gasteiger partial charge < -0.3 is 9.80 Å². The summed E-state index contributed by atoms with van der Waals surface area (Å²) in [6.45, 7) is 8.79. The normalized spacial score (nSPS) is 23.1. The number of aromatic nitrogens is 2. The smallest absolute Gasteiger partial charge is 0.332 e. The van der Waals surface area contributed by atoms with E-state index in [1.807, 2.05) is 15.9 Å². The van der Waals surface area contributed by atoms with Gasteiger partial charge in [0.15, 0.2) is 5.56 Å². The first-order valence-electron chi connectivity index (χ1n) is 10.2. The highest BCUT2D eigenvalue weighted by molar-refractivity contribution is 5.78. The molecule has 29 heavy (non-hydrogen) atoms. The molecule has 3 heterocycles. The first-order valence-corrected chi connectivity index (χ1v) is 10.2. The maximum Gasteiger partial charge on any atom is 0.332 e. The van der Waals surface area contributed by atoms with Crippen molar-refractivity contribution in [3.05, 3.63) is 26.4 Å². The number of rotatable bonds is 3. The van der Waals surface area contributed by atoms with Gasteiger partial charge >= 0.3 is 5.69 Å². The highest BCUT2D eigenvalue weighted by atomic mass is 16.2. The molecule has 1 aromatic heterocycles. The molecule has 1 amide bonds. The van der Waals surface area contributed by atoms with Crippen LogP contribution >= 0.6 is 0 Å². The Labute approximate surface area is 170 Å². The minimum absolute atomic E-state index is 0.0181. The summed E-state index contributed by atoms with van der Waals surface area (Å²) in [6.07, 6.45) is 1.17. The summed E-state index contributed by atoms with van der Waals surface area (Å²) in [5.41, 5.74) is -1.04. The van der Waals surface area contributed by atoms with Gasteiger partial charge in [-0.3, -0.25) is 23.6 Å². The summed E-state index contributed by atoms with van der Waals surface area (Å²) in [7, 11) is 2.95. The molecular formula is C20H30N6O3. The monoisotopic (exact) mass is 402 g/mol. The van der Waals surface area contributed by atoms with Crippen LogP contribution in [0.4, 0.5) is 5.82 Å². The number of hydrogen-bond acceptors (Lipinski definition) is 6. The van der Waals surface area contributed by atoms with Gasteiger partial charge in [0.05, 0.1) is 6.54 Å². The first-order chi connectivity index (χ1) is 13.7. The van der Waals surface area contributed by atoms with Crippen molar-refractivity contribution < 1.29 is 4.79 Å². The molecule has 2 aliphatic heterocycles. The number of piperazine rings is 1. The second-order valence-corrected chi connectivity index (χ2v) is 8.52. The van der Waals surface area contributed by atoms with Crippen molar-refractivity contribution in [2.24, 2.45) is 25.9 Å². The third-order valence-corrected chi connectivity index (χ3v) is 6.00. The van der Waals surface area contributed by atoms with Gasteiger partial charge in [0.25, 0.3) is 5.56 Å². The molecule has 2 fully saturated rings. The van der Waals surface area contributed by atoms with Gasteiger partial charge in [-0.2, -0.15) is 5.26 Å². The standard InChI is InChI=1S/C20H30N6O3/c1-14-9-15(2)12-26(11-14)17(27)13-24-5-7-25(8-6-24)18-16(10-21)19(28)23(4)20(29)22(18)3/h14-15H,5-9,11-13H2,1-4H3. The number of anilines is 1. The first kappa shape index (κ1) is 21.1. The Bertz CT molecular complexity index is 925. The maximum absolute atomic E-state index is 12.7. The number of nitriles is 1. The van der Waals surface area contributed by atoms with Crippen LogP contribution in [0.25, 0.3) is 0 Å². The van der Waals surface area contributed by atoms with Crippen molar-refractivity contribution in [3.8, 4) is 6.07 Å². The van der Waals surface area contributed by atoms with E-state index in [1.165, 1.54) is 18.0 Å². The third-order valence-electron chi connectivity index (χ3n) is 6.00. The van der Waals surface area contributed by atoms with Crippen molar-refractivity contribution in [1.82, 2.24) is 18.9 Å². The van der Waals surface area contributed by atoms with E-state index >= 15 is 0 Å². The molecular weight excluding hydrogens is 372 g/mol. The second kappa shape index (κ2) is 8.41. The molecule has 9 nitrogen and oxygen atoms in total. The number of likely N-dealkylation sites (tertiary alicyclic amines) is 1. The van der Waals surface area contributed by atoms with E-state index < -0.39 is 11.2 Å². The Morgan fingerprint density at radius 2 is 1.62 bits per heavy atom. The van der Waals surface area contributed by atoms with Crippen LogP contribution in [-0.4, -0.2) is 70.7 Å². The number of hydrogen-bond donors (Lipinski definition) is 0. The zero-order valence-corrected chi connectivity index (χ0v) is 17.7. The topological polar surface area (TPSA) is 94.6 Å². The van der Waals surface area contributed by atoms with Crippen molar-refractivity contribution in [2.75, 3.05) is 50.7 Å². The highest BCUT2D eigenvalue weighted by Crippen LogP contribution is 2.21. The fraction of sp³-hybridized carbons (Fsp3) is 0.700. The zero-order chi connectivity index (χ0) is 21.3. The van der Waals surface area contributed by atoms with Gasteiger partial charge in [-0.1, -0.05) is 13.8 Å². The van der Waals surface area contributed by atoms with Crippen LogP contribution in [0.1, 0.15) is 25.8 Å². The van der Waals surface area contributed by atoms with Crippen LogP contribution in [0.2, 0.25) is 0 Å². The molecule has 0 N–H and O–H groups in total. The van der Waals surface area contributed by atoms with Gasteiger partial charge in [0.1, 0.15) is 11.9 Å². The molecule has 2 unspecified atom stereocenters. The van der Waals surface area contributed by atoms with Crippen LogP contribution in [0.3, 0.4) is 0 Å². The molecule has 0 bridgehead atoms. The summed E-state index contributed by atoms with van der Waals surface area (Å²) in [6, 6.07) is 1.96. The molecule has 2 atom stereocenters. The van der Waals surface area contributed by atoms with E-state index in [-0.39, 0.29) is 11.5 Å². The van der Waals surface area contributed by atoms with Crippen LogP contribution in [0.5, 0.6) is 0 Å². The van der Waals surface area contributed by atoms with Crippen molar-refractivity contribution in [3.63, 3.8) is 0 Å². The average Bonchev–Trinajstić information content (AvgIpc) is 2.69. The molecule has 3 rings (SSSR count). The van der Waals surface area contributed by atoms with Crippen LogP contribution in [-0.2, 0) is 18.9 Å². The fourth-order valence-electron chi connectivity index (χ4n) is 4.58. The van der Waals surface area contributed by atoms with E-state index in [4.69, 9.17) is 0 Å². The van der Waals surface area contributed by atoms with Gasteiger partial charge in [-0.05, 0) is 18.3 Å². The van der Waals surface area contributed by atoms with Gasteiger partial charge in [-0.15, -0.1) is 0 Å². The molecule has 0 aliphatic carbocycles. The maximum atomic E-state index is 12.7. The van der Waals surface area contributed by atoms with E-state index in [1.54, 1.807) is 7.05 Å². The molecule has 2 saturated heterocycles. The molecule has 0 aromatic carbocycles. The fourth-order valence-corrected chi connectivity index (χ4v) is 4.58. The van der Waals surface area contributed by atoms with E-state index in [9.17, 15) is 19.6 Å². The summed E-state index contributed by atoms with van der Waals surface area (Å²) in [4.78, 5) is 43.3. The number of carbonyl (C=O) groups excluding carboxylic acids is 1. The highest BCUT2D eigenvalue weighted by Gasteiger charge is 2.29. The SMILES string of the molecule is CC1CC(C)CN(C(=O)CN2CCN(c3c(C#N)c(=O)n(C)c(=O)n3C)CC2)C1. The van der Waals surface area contributed by atoms with Crippen molar-refractivity contribution in [1.29, 1.82) is 5.26 Å². The molecule has 0 saturated carbocycles. The lowest BCUT2D eigenvalue weighted by Gasteiger charge is -2.39. The summed E-state index contributed by atoms with van der Waals surface area (Å²) >= 11 is 0. The average molecular weight is 402 g/mol. The molecule has 0 radical (unpaired) electrons. The Kier molecular flexibility index (Phi) is 6.13.